The largest absolute Gasteiger partial charge is 0.243 e. The maximum absolute atomic E-state index is 13.8. The summed E-state index contributed by atoms with van der Waals surface area (Å²) >= 11 is 0. The molecule has 0 heterocycles. The fourth-order valence-corrected chi connectivity index (χ4v) is 5.87. The molecule has 0 aromatic heterocycles. The lowest BCUT2D eigenvalue weighted by Crippen LogP contribution is -2.32. The summed E-state index contributed by atoms with van der Waals surface area (Å²) in [5.41, 5.74) is 2.95. The average molecular weight is 452 g/mol. The molecule has 0 fully saturated rings. The number of fused-ring (bicyclic) bond motifs is 2. The van der Waals surface area contributed by atoms with Crippen molar-refractivity contribution >= 4 is 31.6 Å². The van der Waals surface area contributed by atoms with E-state index in [4.69, 9.17) is 0 Å². The van der Waals surface area contributed by atoms with Crippen LogP contribution in [-0.2, 0) is 10.0 Å². The van der Waals surface area contributed by atoms with Gasteiger partial charge in [-0.05, 0) is 57.8 Å². The van der Waals surface area contributed by atoms with Crippen LogP contribution in [0.5, 0.6) is 0 Å². The molecule has 0 bridgehead atoms. The van der Waals surface area contributed by atoms with Crippen LogP contribution in [0.15, 0.2) is 114 Å². The monoisotopic (exact) mass is 451 g/mol. The summed E-state index contributed by atoms with van der Waals surface area (Å²) in [5.74, 6) is 0. The van der Waals surface area contributed by atoms with Crippen LogP contribution in [0.4, 0.5) is 0 Å². The summed E-state index contributed by atoms with van der Waals surface area (Å²) < 4.78 is 29.2. The van der Waals surface area contributed by atoms with Gasteiger partial charge in [0.2, 0.25) is 10.0 Å². The molecule has 164 valence electrons. The average Bonchev–Trinajstić information content (AvgIpc) is 2.84. The van der Waals surface area contributed by atoms with Gasteiger partial charge in [0, 0.05) is 7.05 Å². The third-order valence-corrected chi connectivity index (χ3v) is 8.10. The van der Waals surface area contributed by atoms with Gasteiger partial charge in [-0.25, -0.2) is 8.42 Å². The van der Waals surface area contributed by atoms with Crippen LogP contribution in [0, 0.1) is 6.92 Å². The van der Waals surface area contributed by atoms with Crippen molar-refractivity contribution in [1.29, 1.82) is 0 Å². The standard InChI is InChI=1S/C29H25NO2S/c1-21-16-18-25(19-17-21)33(31,32)30(2)29(22-10-4-3-5-11-22)28-26-14-8-6-12-23(26)20-24-13-7-9-15-27(24)28/h3-20,29H,1-2H3/t29-/m1/s1. The molecule has 0 aliphatic carbocycles. The molecule has 5 aromatic carbocycles. The number of aryl methyl sites for hydroxylation is 1. The zero-order chi connectivity index (χ0) is 23.0. The Hall–Kier alpha value is -3.47. The summed E-state index contributed by atoms with van der Waals surface area (Å²) in [6, 6.07) is 35.0. The number of nitrogens with zero attached hydrogens (tertiary/aromatic N) is 1. The van der Waals surface area contributed by atoms with Crippen LogP contribution in [0.3, 0.4) is 0 Å². The molecule has 1 atom stereocenters. The highest BCUT2D eigenvalue weighted by Gasteiger charge is 2.32. The van der Waals surface area contributed by atoms with Crippen molar-refractivity contribution in [2.45, 2.75) is 17.9 Å². The van der Waals surface area contributed by atoms with E-state index in [2.05, 4.69) is 30.3 Å². The molecule has 0 N–H and O–H groups in total. The van der Waals surface area contributed by atoms with Gasteiger partial charge >= 0.3 is 0 Å². The summed E-state index contributed by atoms with van der Waals surface area (Å²) in [4.78, 5) is 0.293. The molecule has 0 aliphatic heterocycles. The maximum Gasteiger partial charge on any atom is 0.243 e. The lowest BCUT2D eigenvalue weighted by Gasteiger charge is -2.30. The van der Waals surface area contributed by atoms with Crippen LogP contribution < -0.4 is 0 Å². The predicted molar refractivity (Wildman–Crippen MR) is 136 cm³/mol. The Morgan fingerprint density at radius 1 is 0.667 bits per heavy atom. The van der Waals surface area contributed by atoms with E-state index in [1.165, 1.54) is 4.31 Å². The highest BCUT2D eigenvalue weighted by Crippen LogP contribution is 2.40. The summed E-state index contributed by atoms with van der Waals surface area (Å²) in [6.45, 7) is 1.95. The molecule has 0 radical (unpaired) electrons. The lowest BCUT2D eigenvalue weighted by molar-refractivity contribution is 0.421. The second-order valence-electron chi connectivity index (χ2n) is 8.38. The van der Waals surface area contributed by atoms with Gasteiger partial charge in [-0.1, -0.05) is 96.6 Å². The van der Waals surface area contributed by atoms with E-state index in [1.54, 1.807) is 19.2 Å². The molecule has 0 amide bonds. The van der Waals surface area contributed by atoms with E-state index in [1.807, 2.05) is 73.7 Å². The number of sulfonamides is 1. The smallest absolute Gasteiger partial charge is 0.207 e. The molecular weight excluding hydrogens is 426 g/mol. The Morgan fingerprint density at radius 3 is 1.76 bits per heavy atom. The molecule has 33 heavy (non-hydrogen) atoms. The fourth-order valence-electron chi connectivity index (χ4n) is 4.55. The molecule has 4 heteroatoms. The third-order valence-electron chi connectivity index (χ3n) is 6.26. The second kappa shape index (κ2) is 8.47. The summed E-state index contributed by atoms with van der Waals surface area (Å²) in [7, 11) is -2.07. The number of hydrogen-bond acceptors (Lipinski definition) is 2. The first-order chi connectivity index (χ1) is 16.0. The lowest BCUT2D eigenvalue weighted by atomic mass is 9.89. The van der Waals surface area contributed by atoms with Crippen molar-refractivity contribution in [2.24, 2.45) is 0 Å². The molecule has 0 spiro atoms. The molecule has 5 aromatic rings. The van der Waals surface area contributed by atoms with Gasteiger partial charge in [0.15, 0.2) is 0 Å². The molecule has 0 aliphatic rings. The van der Waals surface area contributed by atoms with Gasteiger partial charge in [0.25, 0.3) is 0 Å². The minimum absolute atomic E-state index is 0.293. The Kier molecular flexibility index (Phi) is 5.49. The number of hydrogen-bond donors (Lipinski definition) is 0. The molecule has 3 nitrogen and oxygen atoms in total. The van der Waals surface area contributed by atoms with Gasteiger partial charge in [0.05, 0.1) is 10.9 Å². The SMILES string of the molecule is Cc1ccc(S(=O)(=O)N(C)[C@H](c2ccccc2)c2c3ccccc3cc3ccccc23)cc1. The quantitative estimate of drug-likeness (QED) is 0.278. The van der Waals surface area contributed by atoms with Gasteiger partial charge in [-0.15, -0.1) is 0 Å². The Bertz CT molecular complexity index is 1490. The summed E-state index contributed by atoms with van der Waals surface area (Å²) in [5, 5.41) is 4.29. The van der Waals surface area contributed by atoms with Crippen molar-refractivity contribution < 1.29 is 8.42 Å². The van der Waals surface area contributed by atoms with E-state index < -0.39 is 16.1 Å². The highest BCUT2D eigenvalue weighted by molar-refractivity contribution is 7.89. The van der Waals surface area contributed by atoms with Crippen LogP contribution in [-0.4, -0.2) is 19.8 Å². The van der Waals surface area contributed by atoms with Crippen molar-refractivity contribution in [3.8, 4) is 0 Å². The van der Waals surface area contributed by atoms with Gasteiger partial charge in [0.1, 0.15) is 0 Å². The number of rotatable bonds is 5. The summed E-state index contributed by atoms with van der Waals surface area (Å²) in [6.07, 6.45) is 0. The van der Waals surface area contributed by atoms with E-state index in [9.17, 15) is 8.42 Å². The third kappa shape index (κ3) is 3.82. The zero-order valence-corrected chi connectivity index (χ0v) is 19.5. The first-order valence-electron chi connectivity index (χ1n) is 11.0. The normalized spacial score (nSPS) is 12.9. The predicted octanol–water partition coefficient (Wildman–Crippen LogP) is 6.71. The van der Waals surface area contributed by atoms with Gasteiger partial charge < -0.3 is 0 Å². The Labute approximate surface area is 195 Å². The van der Waals surface area contributed by atoms with Crippen LogP contribution in [0.1, 0.15) is 22.7 Å². The minimum Gasteiger partial charge on any atom is -0.207 e. The molecule has 0 unspecified atom stereocenters. The van der Waals surface area contributed by atoms with Crippen molar-refractivity contribution in [3.05, 3.63) is 126 Å². The van der Waals surface area contributed by atoms with Gasteiger partial charge in [-0.3, -0.25) is 0 Å². The van der Waals surface area contributed by atoms with E-state index >= 15 is 0 Å². The molecule has 0 saturated heterocycles. The second-order valence-corrected chi connectivity index (χ2v) is 10.4. The first kappa shape index (κ1) is 21.4. The van der Waals surface area contributed by atoms with E-state index in [0.717, 1.165) is 38.2 Å². The molecular formula is C29H25NO2S. The van der Waals surface area contributed by atoms with Crippen LogP contribution in [0.2, 0.25) is 0 Å². The molecule has 5 rings (SSSR count). The van der Waals surface area contributed by atoms with E-state index in [0.29, 0.717) is 4.90 Å². The maximum atomic E-state index is 13.8. The minimum atomic E-state index is -3.76. The van der Waals surface area contributed by atoms with Crippen molar-refractivity contribution in [1.82, 2.24) is 4.31 Å². The highest BCUT2D eigenvalue weighted by atomic mass is 32.2. The van der Waals surface area contributed by atoms with Crippen LogP contribution in [0.25, 0.3) is 21.5 Å². The Balaban J connectivity index is 1.82. The zero-order valence-electron chi connectivity index (χ0n) is 18.6. The topological polar surface area (TPSA) is 37.4 Å². The van der Waals surface area contributed by atoms with Crippen molar-refractivity contribution in [2.75, 3.05) is 7.05 Å². The number of benzene rings is 5. The van der Waals surface area contributed by atoms with Crippen LogP contribution >= 0.6 is 0 Å². The fraction of sp³-hybridized carbons (Fsp3) is 0.103. The van der Waals surface area contributed by atoms with Gasteiger partial charge in [-0.2, -0.15) is 4.31 Å². The van der Waals surface area contributed by atoms with Crippen molar-refractivity contribution in [3.63, 3.8) is 0 Å². The Morgan fingerprint density at radius 2 is 1.18 bits per heavy atom. The van der Waals surface area contributed by atoms with E-state index in [-0.39, 0.29) is 0 Å². The molecule has 0 saturated carbocycles. The first-order valence-corrected chi connectivity index (χ1v) is 12.4.